The maximum absolute atomic E-state index is 12.4. The number of oxazole rings is 1. The van der Waals surface area contributed by atoms with Crippen LogP contribution in [-0.2, 0) is 24.5 Å². The van der Waals surface area contributed by atoms with Crippen LogP contribution < -0.4 is 9.47 Å². The Labute approximate surface area is 263 Å². The number of carbonyl (C=O) groups excluding carboxylic acids is 1. The molecule has 9 heteroatoms. The Bertz CT molecular complexity index is 1730. The van der Waals surface area contributed by atoms with Crippen molar-refractivity contribution in [2.45, 2.75) is 46.1 Å². The van der Waals surface area contributed by atoms with Gasteiger partial charge >= 0.3 is 6.09 Å². The Morgan fingerprint density at radius 1 is 0.800 bits per heavy atom. The Balaban J connectivity index is 1.17. The predicted octanol–water partition coefficient (Wildman–Crippen LogP) is 7.10. The maximum Gasteiger partial charge on any atom is 0.410 e. The third kappa shape index (κ3) is 7.99. The van der Waals surface area contributed by atoms with Crippen molar-refractivity contribution < 1.29 is 23.4 Å². The van der Waals surface area contributed by atoms with Gasteiger partial charge in [0.15, 0.2) is 5.58 Å². The first-order chi connectivity index (χ1) is 21.8. The SMILES string of the molecule is CC(C)(C)OC(=O)N1CCN(Cc2nc3cc(-c4ccc(OCc5ccccc5)nc4OCc4ccccc4)ccc3o2)CC1. The quantitative estimate of drug-likeness (QED) is 0.176. The Morgan fingerprint density at radius 2 is 1.47 bits per heavy atom. The summed E-state index contributed by atoms with van der Waals surface area (Å²) in [5.74, 6) is 1.61. The Hall–Kier alpha value is -4.89. The molecule has 0 aliphatic carbocycles. The fourth-order valence-electron chi connectivity index (χ4n) is 5.11. The number of hydrogen-bond donors (Lipinski definition) is 0. The largest absolute Gasteiger partial charge is 0.473 e. The number of amides is 1. The minimum absolute atomic E-state index is 0.270. The van der Waals surface area contributed by atoms with Crippen LogP contribution in [0.2, 0.25) is 0 Å². The van der Waals surface area contributed by atoms with Gasteiger partial charge < -0.3 is 23.5 Å². The highest BCUT2D eigenvalue weighted by molar-refractivity contribution is 5.82. The number of aromatic nitrogens is 2. The average molecular weight is 607 g/mol. The van der Waals surface area contributed by atoms with E-state index >= 15 is 0 Å². The van der Waals surface area contributed by atoms with Crippen LogP contribution in [0.15, 0.2) is 95.4 Å². The molecule has 1 fully saturated rings. The molecule has 3 aromatic carbocycles. The lowest BCUT2D eigenvalue weighted by atomic mass is 10.1. The minimum Gasteiger partial charge on any atom is -0.473 e. The molecule has 45 heavy (non-hydrogen) atoms. The van der Waals surface area contributed by atoms with E-state index < -0.39 is 5.60 Å². The second-order valence-corrected chi connectivity index (χ2v) is 12.1. The smallest absolute Gasteiger partial charge is 0.410 e. The van der Waals surface area contributed by atoms with Crippen molar-refractivity contribution in [1.29, 1.82) is 0 Å². The van der Waals surface area contributed by atoms with Crippen LogP contribution >= 0.6 is 0 Å². The van der Waals surface area contributed by atoms with Crippen LogP contribution in [0, 0.1) is 0 Å². The fraction of sp³-hybridized carbons (Fsp3) is 0.306. The molecule has 0 N–H and O–H groups in total. The topological polar surface area (TPSA) is 90.2 Å². The number of piperazine rings is 1. The maximum atomic E-state index is 12.4. The molecule has 1 saturated heterocycles. The van der Waals surface area contributed by atoms with Crippen molar-refractivity contribution in [3.63, 3.8) is 0 Å². The van der Waals surface area contributed by atoms with Crippen LogP contribution in [0.1, 0.15) is 37.8 Å². The molecule has 6 rings (SSSR count). The molecule has 1 amide bonds. The standard InChI is InChI=1S/C36H38N4O5/c1-36(2,3)45-35(41)40-20-18-39(19-21-40)23-33-37-30-22-28(14-16-31(30)44-33)29-15-17-32(42-24-26-10-6-4-7-11-26)38-34(29)43-25-27-12-8-5-9-13-27/h4-17,22H,18-21,23-25H2,1-3H3. The monoisotopic (exact) mass is 606 g/mol. The molecule has 232 valence electrons. The molecule has 1 aliphatic rings. The van der Waals surface area contributed by atoms with E-state index in [0.717, 1.165) is 40.9 Å². The highest BCUT2D eigenvalue weighted by Gasteiger charge is 2.26. The van der Waals surface area contributed by atoms with Gasteiger partial charge in [0, 0.05) is 37.8 Å². The van der Waals surface area contributed by atoms with E-state index in [9.17, 15) is 4.79 Å². The minimum atomic E-state index is -0.506. The van der Waals surface area contributed by atoms with Crippen LogP contribution in [0.25, 0.3) is 22.2 Å². The van der Waals surface area contributed by atoms with Gasteiger partial charge in [-0.25, -0.2) is 9.78 Å². The van der Waals surface area contributed by atoms with E-state index in [1.807, 2.05) is 112 Å². The Kier molecular flexibility index (Phi) is 8.98. The molecular weight excluding hydrogens is 568 g/mol. The third-order valence-electron chi connectivity index (χ3n) is 7.41. The molecule has 0 bridgehead atoms. The van der Waals surface area contributed by atoms with Crippen molar-refractivity contribution in [2.75, 3.05) is 26.2 Å². The number of ether oxygens (including phenoxy) is 3. The summed E-state index contributed by atoms with van der Waals surface area (Å²) < 4.78 is 23.9. The van der Waals surface area contributed by atoms with Gasteiger partial charge in [-0.05, 0) is 55.7 Å². The van der Waals surface area contributed by atoms with E-state index in [-0.39, 0.29) is 6.09 Å². The molecular formula is C36H38N4O5. The molecule has 0 spiro atoms. The normalized spacial score (nSPS) is 14.0. The zero-order valence-electron chi connectivity index (χ0n) is 25.9. The number of pyridine rings is 1. The van der Waals surface area contributed by atoms with Gasteiger partial charge in [-0.3, -0.25) is 4.90 Å². The van der Waals surface area contributed by atoms with Gasteiger partial charge in [0.25, 0.3) is 0 Å². The summed E-state index contributed by atoms with van der Waals surface area (Å²) in [7, 11) is 0. The highest BCUT2D eigenvalue weighted by atomic mass is 16.6. The van der Waals surface area contributed by atoms with Crippen LogP contribution in [0.4, 0.5) is 4.79 Å². The summed E-state index contributed by atoms with van der Waals surface area (Å²) in [6.07, 6.45) is -0.270. The molecule has 2 aromatic heterocycles. The van der Waals surface area contributed by atoms with Gasteiger partial charge in [-0.15, -0.1) is 0 Å². The number of carbonyl (C=O) groups is 1. The zero-order valence-corrected chi connectivity index (χ0v) is 25.9. The van der Waals surface area contributed by atoms with Gasteiger partial charge in [0.2, 0.25) is 17.7 Å². The van der Waals surface area contributed by atoms with E-state index in [0.29, 0.717) is 56.1 Å². The van der Waals surface area contributed by atoms with Gasteiger partial charge in [0.1, 0.15) is 24.3 Å². The van der Waals surface area contributed by atoms with Crippen LogP contribution in [0.3, 0.4) is 0 Å². The van der Waals surface area contributed by atoms with E-state index in [1.165, 1.54) is 0 Å². The van der Waals surface area contributed by atoms with E-state index in [1.54, 1.807) is 4.90 Å². The Morgan fingerprint density at radius 3 is 2.13 bits per heavy atom. The van der Waals surface area contributed by atoms with Gasteiger partial charge in [-0.1, -0.05) is 66.7 Å². The zero-order chi connectivity index (χ0) is 31.2. The number of nitrogens with zero attached hydrogens (tertiary/aromatic N) is 4. The lowest BCUT2D eigenvalue weighted by Crippen LogP contribution is -2.49. The first-order valence-corrected chi connectivity index (χ1v) is 15.2. The van der Waals surface area contributed by atoms with E-state index in [4.69, 9.17) is 28.6 Å². The number of hydrogen-bond acceptors (Lipinski definition) is 8. The molecule has 3 heterocycles. The first-order valence-electron chi connectivity index (χ1n) is 15.2. The summed E-state index contributed by atoms with van der Waals surface area (Å²) in [5, 5.41) is 0. The highest BCUT2D eigenvalue weighted by Crippen LogP contribution is 2.33. The lowest BCUT2D eigenvalue weighted by Gasteiger charge is -2.35. The summed E-state index contributed by atoms with van der Waals surface area (Å²) in [6, 6.07) is 29.8. The predicted molar refractivity (Wildman–Crippen MR) is 172 cm³/mol. The summed E-state index contributed by atoms with van der Waals surface area (Å²) in [4.78, 5) is 26.0. The van der Waals surface area contributed by atoms with Crippen LogP contribution in [0.5, 0.6) is 11.8 Å². The van der Waals surface area contributed by atoms with Crippen molar-refractivity contribution in [1.82, 2.24) is 19.8 Å². The van der Waals surface area contributed by atoms with Crippen molar-refractivity contribution in [2.24, 2.45) is 0 Å². The molecule has 5 aromatic rings. The molecule has 9 nitrogen and oxygen atoms in total. The third-order valence-corrected chi connectivity index (χ3v) is 7.41. The number of fused-ring (bicyclic) bond motifs is 1. The van der Waals surface area contributed by atoms with Gasteiger partial charge in [0.05, 0.1) is 6.54 Å². The molecule has 0 radical (unpaired) electrons. The van der Waals surface area contributed by atoms with Gasteiger partial charge in [-0.2, -0.15) is 4.98 Å². The molecule has 0 atom stereocenters. The van der Waals surface area contributed by atoms with E-state index in [2.05, 4.69) is 4.90 Å². The second-order valence-electron chi connectivity index (χ2n) is 12.1. The molecule has 1 aliphatic heterocycles. The van der Waals surface area contributed by atoms with Crippen molar-refractivity contribution >= 4 is 17.2 Å². The molecule has 0 unspecified atom stereocenters. The summed E-state index contributed by atoms with van der Waals surface area (Å²) in [6.45, 7) is 9.63. The number of rotatable bonds is 9. The number of benzene rings is 3. The molecule has 0 saturated carbocycles. The first kappa shape index (κ1) is 30.1. The van der Waals surface area contributed by atoms with Crippen LogP contribution in [-0.4, -0.2) is 57.6 Å². The summed E-state index contributed by atoms with van der Waals surface area (Å²) >= 11 is 0. The van der Waals surface area contributed by atoms with Crippen molar-refractivity contribution in [3.05, 3.63) is 108 Å². The second kappa shape index (κ2) is 13.4. The van der Waals surface area contributed by atoms with Crippen molar-refractivity contribution in [3.8, 4) is 22.9 Å². The lowest BCUT2D eigenvalue weighted by molar-refractivity contribution is 0.0133. The average Bonchev–Trinajstić information content (AvgIpc) is 3.45. The fourth-order valence-corrected chi connectivity index (χ4v) is 5.11. The summed E-state index contributed by atoms with van der Waals surface area (Å²) in [5.41, 5.74) is 4.82.